The monoisotopic (exact) mass is 375 g/mol. The van der Waals surface area contributed by atoms with Crippen molar-refractivity contribution in [2.75, 3.05) is 19.9 Å². The average Bonchev–Trinajstić information content (AvgIpc) is 2.60. The van der Waals surface area contributed by atoms with E-state index < -0.39 is 9.84 Å². The molecule has 0 saturated carbocycles. The molecule has 6 heteroatoms. The highest BCUT2D eigenvalue weighted by molar-refractivity contribution is 7.90. The van der Waals surface area contributed by atoms with Gasteiger partial charge in [-0.2, -0.15) is 0 Å². The maximum Gasteiger partial charge on any atom is 0.260 e. The molecule has 26 heavy (non-hydrogen) atoms. The Labute approximate surface area is 155 Å². The molecule has 0 aliphatic heterocycles. The third-order valence-electron chi connectivity index (χ3n) is 4.61. The van der Waals surface area contributed by atoms with Crippen LogP contribution in [0.1, 0.15) is 29.7 Å². The highest BCUT2D eigenvalue weighted by Gasteiger charge is 2.18. The number of carbonyl (C=O) groups excluding carboxylic acids is 1. The van der Waals surface area contributed by atoms with Gasteiger partial charge in [-0.1, -0.05) is 18.2 Å². The first-order chi connectivity index (χ1) is 12.1. The van der Waals surface area contributed by atoms with Crippen LogP contribution in [-0.4, -0.2) is 39.1 Å². The van der Waals surface area contributed by atoms with E-state index in [9.17, 15) is 13.2 Å². The standard InChI is InChI=1S/C20H25NO4S/c1-14-6-9-18(12-15(14)2)25-13-20(22)21(4)16(3)17-7-10-19(11-8-17)26(5,23)24/h6-12,16H,13H2,1-5H3. The van der Waals surface area contributed by atoms with Gasteiger partial charge >= 0.3 is 0 Å². The van der Waals surface area contributed by atoms with E-state index in [1.165, 1.54) is 11.8 Å². The fourth-order valence-electron chi connectivity index (χ4n) is 2.48. The topological polar surface area (TPSA) is 63.7 Å². The largest absolute Gasteiger partial charge is 0.484 e. The van der Waals surface area contributed by atoms with Crippen LogP contribution in [0.5, 0.6) is 5.75 Å². The van der Waals surface area contributed by atoms with E-state index in [1.54, 1.807) is 36.2 Å². The number of sulfone groups is 1. The fourth-order valence-corrected chi connectivity index (χ4v) is 3.11. The summed E-state index contributed by atoms with van der Waals surface area (Å²) in [6.45, 7) is 5.86. The van der Waals surface area contributed by atoms with Gasteiger partial charge in [0.2, 0.25) is 0 Å². The number of hydrogen-bond donors (Lipinski definition) is 0. The van der Waals surface area contributed by atoms with Crippen LogP contribution >= 0.6 is 0 Å². The molecule has 0 saturated heterocycles. The van der Waals surface area contributed by atoms with Crippen LogP contribution < -0.4 is 4.74 Å². The predicted molar refractivity (Wildman–Crippen MR) is 102 cm³/mol. The molecule has 0 aliphatic carbocycles. The van der Waals surface area contributed by atoms with E-state index in [0.717, 1.165) is 11.1 Å². The molecule has 5 nitrogen and oxygen atoms in total. The molecule has 0 radical (unpaired) electrons. The van der Waals surface area contributed by atoms with Crippen molar-refractivity contribution in [2.24, 2.45) is 0 Å². The van der Waals surface area contributed by atoms with Crippen LogP contribution in [0.4, 0.5) is 0 Å². The summed E-state index contributed by atoms with van der Waals surface area (Å²) in [6.07, 6.45) is 1.17. The minimum Gasteiger partial charge on any atom is -0.484 e. The van der Waals surface area contributed by atoms with Crippen molar-refractivity contribution in [1.29, 1.82) is 0 Å². The molecule has 1 atom stereocenters. The number of benzene rings is 2. The van der Waals surface area contributed by atoms with Gasteiger partial charge in [0, 0.05) is 13.3 Å². The summed E-state index contributed by atoms with van der Waals surface area (Å²) in [4.78, 5) is 14.3. The number of aryl methyl sites for hydroxylation is 2. The Hall–Kier alpha value is -2.34. The zero-order valence-electron chi connectivity index (χ0n) is 15.8. The molecule has 1 amide bonds. The summed E-state index contributed by atoms with van der Waals surface area (Å²) in [7, 11) is -1.52. The molecular formula is C20H25NO4S. The van der Waals surface area contributed by atoms with Gasteiger partial charge in [0.25, 0.3) is 5.91 Å². The summed E-state index contributed by atoms with van der Waals surface area (Å²) >= 11 is 0. The van der Waals surface area contributed by atoms with E-state index in [-0.39, 0.29) is 23.5 Å². The van der Waals surface area contributed by atoms with E-state index in [2.05, 4.69) is 0 Å². The first-order valence-corrected chi connectivity index (χ1v) is 10.2. The van der Waals surface area contributed by atoms with E-state index >= 15 is 0 Å². The minimum absolute atomic E-state index is 0.0508. The molecule has 0 spiro atoms. The van der Waals surface area contributed by atoms with Crippen LogP contribution in [0.15, 0.2) is 47.4 Å². The van der Waals surface area contributed by atoms with E-state index in [4.69, 9.17) is 4.74 Å². The van der Waals surface area contributed by atoms with Gasteiger partial charge in [-0.15, -0.1) is 0 Å². The molecule has 0 fully saturated rings. The Kier molecular flexibility index (Phi) is 6.08. The molecule has 0 bridgehead atoms. The summed E-state index contributed by atoms with van der Waals surface area (Å²) in [5.41, 5.74) is 3.15. The fraction of sp³-hybridized carbons (Fsp3) is 0.350. The van der Waals surface area contributed by atoms with Crippen LogP contribution in [-0.2, 0) is 14.6 Å². The van der Waals surface area contributed by atoms with Gasteiger partial charge in [-0.3, -0.25) is 4.79 Å². The van der Waals surface area contributed by atoms with Gasteiger partial charge in [0.1, 0.15) is 5.75 Å². The number of carbonyl (C=O) groups is 1. The highest BCUT2D eigenvalue weighted by atomic mass is 32.2. The number of nitrogens with zero attached hydrogens (tertiary/aromatic N) is 1. The molecule has 0 aromatic heterocycles. The highest BCUT2D eigenvalue weighted by Crippen LogP contribution is 2.21. The van der Waals surface area contributed by atoms with Crippen molar-refractivity contribution < 1.29 is 17.9 Å². The SMILES string of the molecule is Cc1ccc(OCC(=O)N(C)C(C)c2ccc(S(C)(=O)=O)cc2)cc1C. The Bertz CT molecular complexity index is 889. The number of ether oxygens (including phenoxy) is 1. The van der Waals surface area contributed by atoms with Crippen LogP contribution in [0.2, 0.25) is 0 Å². The Morgan fingerprint density at radius 1 is 1.08 bits per heavy atom. The normalized spacial score (nSPS) is 12.5. The number of likely N-dealkylation sites (N-methyl/N-ethyl adjacent to an activating group) is 1. The van der Waals surface area contributed by atoms with Gasteiger partial charge in [-0.05, 0) is 61.7 Å². The second-order valence-electron chi connectivity index (χ2n) is 6.56. The van der Waals surface area contributed by atoms with Crippen LogP contribution in [0, 0.1) is 13.8 Å². The zero-order valence-corrected chi connectivity index (χ0v) is 16.6. The molecule has 2 rings (SSSR count). The molecule has 1 unspecified atom stereocenters. The van der Waals surface area contributed by atoms with Crippen LogP contribution in [0.25, 0.3) is 0 Å². The Morgan fingerprint density at radius 3 is 2.23 bits per heavy atom. The third-order valence-corrected chi connectivity index (χ3v) is 5.73. The number of rotatable bonds is 6. The van der Waals surface area contributed by atoms with Gasteiger partial charge < -0.3 is 9.64 Å². The van der Waals surface area contributed by atoms with Gasteiger partial charge in [-0.25, -0.2) is 8.42 Å². The Balaban J connectivity index is 2.01. The lowest BCUT2D eigenvalue weighted by Gasteiger charge is -2.25. The lowest BCUT2D eigenvalue weighted by molar-refractivity contribution is -0.134. The second kappa shape index (κ2) is 7.91. The van der Waals surface area contributed by atoms with Crippen molar-refractivity contribution >= 4 is 15.7 Å². The first-order valence-electron chi connectivity index (χ1n) is 8.35. The maximum absolute atomic E-state index is 12.4. The maximum atomic E-state index is 12.4. The number of amides is 1. The summed E-state index contributed by atoms with van der Waals surface area (Å²) in [6, 6.07) is 12.1. The van der Waals surface area contributed by atoms with Gasteiger partial charge in [0.15, 0.2) is 16.4 Å². The lowest BCUT2D eigenvalue weighted by atomic mass is 10.1. The van der Waals surface area contributed by atoms with Gasteiger partial charge in [0.05, 0.1) is 10.9 Å². The molecule has 0 heterocycles. The molecule has 2 aromatic rings. The zero-order chi connectivity index (χ0) is 19.5. The van der Waals surface area contributed by atoms with Crippen molar-refractivity contribution in [1.82, 2.24) is 4.90 Å². The molecular weight excluding hydrogens is 350 g/mol. The van der Waals surface area contributed by atoms with Crippen LogP contribution in [0.3, 0.4) is 0 Å². The molecule has 0 aliphatic rings. The first kappa shape index (κ1) is 20.0. The quantitative estimate of drug-likeness (QED) is 0.777. The average molecular weight is 375 g/mol. The van der Waals surface area contributed by atoms with Crippen molar-refractivity contribution in [3.05, 3.63) is 59.2 Å². The van der Waals surface area contributed by atoms with E-state index in [0.29, 0.717) is 5.75 Å². The summed E-state index contributed by atoms with van der Waals surface area (Å²) in [5.74, 6) is 0.517. The predicted octanol–water partition coefficient (Wildman–Crippen LogP) is 3.31. The van der Waals surface area contributed by atoms with Crippen molar-refractivity contribution in [2.45, 2.75) is 31.7 Å². The lowest BCUT2D eigenvalue weighted by Crippen LogP contribution is -2.33. The third kappa shape index (κ3) is 4.85. The Morgan fingerprint density at radius 2 is 1.69 bits per heavy atom. The second-order valence-corrected chi connectivity index (χ2v) is 8.57. The van der Waals surface area contributed by atoms with E-state index in [1.807, 2.05) is 39.0 Å². The van der Waals surface area contributed by atoms with Crippen molar-refractivity contribution in [3.63, 3.8) is 0 Å². The summed E-state index contributed by atoms with van der Waals surface area (Å²) in [5, 5.41) is 0. The molecule has 0 N–H and O–H groups in total. The molecule has 2 aromatic carbocycles. The smallest absolute Gasteiger partial charge is 0.260 e. The molecule has 140 valence electrons. The summed E-state index contributed by atoms with van der Waals surface area (Å²) < 4.78 is 28.7. The number of hydrogen-bond acceptors (Lipinski definition) is 4. The minimum atomic E-state index is -3.23. The van der Waals surface area contributed by atoms with Crippen molar-refractivity contribution in [3.8, 4) is 5.75 Å².